The van der Waals surface area contributed by atoms with E-state index in [1.54, 1.807) is 65.0 Å². The van der Waals surface area contributed by atoms with E-state index in [1.165, 1.54) is 116 Å². The van der Waals surface area contributed by atoms with Gasteiger partial charge in [0.15, 0.2) is 0 Å². The molecular weight excluding hydrogens is 1740 g/mol. The van der Waals surface area contributed by atoms with Crippen molar-refractivity contribution >= 4 is 150 Å². The Balaban J connectivity index is 0.000000314. The number of aliphatic hydroxyl groups is 1. The maximum atomic E-state index is 12.9. The Bertz CT molecular complexity index is 5850. The molecule has 12 aromatic rings. The first-order valence-corrected chi connectivity index (χ1v) is 36.1. The molecule has 50 heteroatoms. The Morgan fingerprint density at radius 2 is 0.641 bits per heavy atom. The van der Waals surface area contributed by atoms with Crippen LogP contribution in [-0.4, -0.2) is 126 Å². The van der Waals surface area contributed by atoms with E-state index >= 15 is 0 Å². The van der Waals surface area contributed by atoms with Gasteiger partial charge in [0.1, 0.15) is 12.4 Å². The molecule has 0 bridgehead atoms. The van der Waals surface area contributed by atoms with Gasteiger partial charge in [-0.3, -0.25) is 69.2 Å². The quantitative estimate of drug-likeness (QED) is 0.0149. The maximum Gasteiger partial charge on any atom is 0.416 e. The Labute approximate surface area is 728 Å². The van der Waals surface area contributed by atoms with E-state index in [1.807, 2.05) is 6.92 Å². The number of aromatic nitrogens is 10. The highest BCUT2D eigenvalue weighted by molar-refractivity contribution is 6.68. The number of carbonyl (C=O) groups excluding carboxylic acids is 6. The summed E-state index contributed by atoms with van der Waals surface area (Å²) in [5.74, 6) is -2.50. The van der Waals surface area contributed by atoms with Crippen molar-refractivity contribution < 1.29 is 89.8 Å². The van der Waals surface area contributed by atoms with Gasteiger partial charge in [-0.1, -0.05) is 48.5 Å². The highest BCUT2D eigenvalue weighted by Gasteiger charge is 2.32. The molecule has 0 aliphatic heterocycles. The van der Waals surface area contributed by atoms with Crippen LogP contribution in [0.3, 0.4) is 0 Å². The lowest BCUT2D eigenvalue weighted by Gasteiger charge is -2.12. The number of aliphatic hydroxyl groups excluding tert-OH is 1. The first-order chi connectivity index (χ1) is 60.0. The number of benzene rings is 7. The number of halogens is 8. The summed E-state index contributed by atoms with van der Waals surface area (Å²) in [5, 5.41) is 66.3. The van der Waals surface area contributed by atoms with Gasteiger partial charge in [0, 0.05) is 87.8 Å². The molecule has 5 aromatic heterocycles. The molecular formula is C78H73Cl2F6N25O17. The van der Waals surface area contributed by atoms with Gasteiger partial charge >= 0.3 is 24.0 Å². The SMILES string of the molecule is CCO.Cc1ccc(N)cc1C(=O)Nc1cnc(N)nc1.Cc1ccc(NC(=O)c2cccc(C(F)(F)F)c2)cc1C(=O)Nc1cnc(N)nc1.Cc1ccc([N+](=O)[O-])cc1C(=O)Cl.Cc1ccc([N+](=O)[O-])cc1C(=O)Nc1cnc(N)nc1.Cc1ccc([N+](=O)[O-])cc1C(=O)O.Nc1cnc(N)nc1.Nc1ncc([N+](=O)[O-])cn1.O=C(Cl)c1cccc(C(F)(F)F)c1. The van der Waals surface area contributed by atoms with E-state index < -0.39 is 77.3 Å². The summed E-state index contributed by atoms with van der Waals surface area (Å²) >= 11 is 10.2. The normalized spacial score (nSPS) is 10.1. The fourth-order valence-electron chi connectivity index (χ4n) is 9.12. The number of rotatable bonds is 15. The van der Waals surface area contributed by atoms with Crippen LogP contribution >= 0.6 is 23.2 Å². The number of hydrogen-bond donors (Lipinski definition) is 13. The van der Waals surface area contributed by atoms with Gasteiger partial charge in [0.25, 0.3) is 51.2 Å². The van der Waals surface area contributed by atoms with Gasteiger partial charge in [0.2, 0.25) is 29.7 Å². The second-order valence-electron chi connectivity index (χ2n) is 24.9. The summed E-state index contributed by atoms with van der Waals surface area (Å²) in [7, 11) is 0. The lowest BCUT2D eigenvalue weighted by atomic mass is 10.1. The Hall–Kier alpha value is -17.1. The van der Waals surface area contributed by atoms with E-state index in [0.717, 1.165) is 60.4 Å². The summed E-state index contributed by atoms with van der Waals surface area (Å²) in [4.78, 5) is 157. The van der Waals surface area contributed by atoms with Crippen molar-refractivity contribution in [3.63, 3.8) is 0 Å². The average molecular weight is 1820 g/mol. The third kappa shape index (κ3) is 35.2. The van der Waals surface area contributed by atoms with Crippen LogP contribution in [0.5, 0.6) is 0 Å². The number of aromatic carboxylic acids is 1. The molecule has 4 amide bonds. The van der Waals surface area contributed by atoms with Crippen LogP contribution in [0.1, 0.15) is 118 Å². The first-order valence-electron chi connectivity index (χ1n) is 35.4. The van der Waals surface area contributed by atoms with Gasteiger partial charge in [0.05, 0.1) is 109 Å². The number of carboxylic acid groups (broad SMARTS) is 1. The number of aryl methyl sites for hydroxylation is 5. The predicted octanol–water partition coefficient (Wildman–Crippen LogP) is 13.2. The van der Waals surface area contributed by atoms with Crippen LogP contribution in [0.2, 0.25) is 0 Å². The minimum absolute atomic E-state index is 0.0330. The molecule has 0 spiro atoms. The molecule has 0 radical (unpaired) electrons. The number of carboxylic acids is 1. The molecule has 7 aromatic carbocycles. The zero-order chi connectivity index (χ0) is 96.0. The lowest BCUT2D eigenvalue weighted by molar-refractivity contribution is -0.385. The molecule has 0 saturated carbocycles. The first kappa shape index (κ1) is 103. The van der Waals surface area contributed by atoms with Crippen molar-refractivity contribution in [2.45, 2.75) is 53.9 Å². The lowest BCUT2D eigenvalue weighted by Crippen LogP contribution is -2.16. The molecule has 42 nitrogen and oxygen atoms in total. The van der Waals surface area contributed by atoms with E-state index in [9.17, 15) is 100 Å². The summed E-state index contributed by atoms with van der Waals surface area (Å²) < 4.78 is 74.8. The van der Waals surface area contributed by atoms with Gasteiger partial charge < -0.3 is 71.6 Å². The van der Waals surface area contributed by atoms with E-state index in [0.29, 0.717) is 56.3 Å². The number of amides is 4. The van der Waals surface area contributed by atoms with Crippen molar-refractivity contribution in [2.75, 3.05) is 68.0 Å². The van der Waals surface area contributed by atoms with E-state index in [4.69, 9.17) is 73.6 Å². The van der Waals surface area contributed by atoms with Gasteiger partial charge in [-0.25, -0.2) is 54.6 Å². The number of alkyl halides is 6. The molecule has 0 unspecified atom stereocenters. The number of nitrogens with two attached hydrogens (primary N) is 7. The topological polar surface area (TPSA) is 692 Å². The number of nitrogens with one attached hydrogen (secondary N) is 4. The van der Waals surface area contributed by atoms with Crippen LogP contribution in [0.4, 0.5) is 113 Å². The third-order valence-electron chi connectivity index (χ3n) is 15.4. The molecule has 20 N–H and O–H groups in total. The fraction of sp³-hybridized carbons (Fsp3) is 0.115. The van der Waals surface area contributed by atoms with Crippen LogP contribution in [-0.2, 0) is 12.4 Å². The van der Waals surface area contributed by atoms with Crippen molar-refractivity contribution in [2.24, 2.45) is 0 Å². The van der Waals surface area contributed by atoms with Crippen LogP contribution in [0.25, 0.3) is 0 Å². The Morgan fingerprint density at radius 1 is 0.352 bits per heavy atom. The number of non-ortho nitro benzene ring substituents is 3. The Kier molecular flexibility index (Phi) is 39.7. The van der Waals surface area contributed by atoms with Crippen LogP contribution in [0.15, 0.2) is 201 Å². The second-order valence-corrected chi connectivity index (χ2v) is 25.6. The molecule has 128 heavy (non-hydrogen) atoms. The molecule has 0 atom stereocenters. The zero-order valence-corrected chi connectivity index (χ0v) is 68.6. The number of carbonyl (C=O) groups is 7. The summed E-state index contributed by atoms with van der Waals surface area (Å²) in [6.07, 6.45) is 4.32. The summed E-state index contributed by atoms with van der Waals surface area (Å²) in [5.41, 5.74) is 41.3. The largest absolute Gasteiger partial charge is 0.478 e. The van der Waals surface area contributed by atoms with Crippen molar-refractivity contribution in [1.29, 1.82) is 0 Å². The maximum absolute atomic E-state index is 12.9. The summed E-state index contributed by atoms with van der Waals surface area (Å²) in [6, 6.07) is 29.6. The average Bonchev–Trinajstić information content (AvgIpc) is 0.823. The number of hydrogen-bond acceptors (Lipinski definition) is 33. The second kappa shape index (κ2) is 49.2. The highest BCUT2D eigenvalue weighted by atomic mass is 35.5. The van der Waals surface area contributed by atoms with Crippen LogP contribution in [0, 0.1) is 75.1 Å². The highest BCUT2D eigenvalue weighted by Crippen LogP contribution is 2.32. The number of nitrogens with zero attached hydrogens (tertiary/aromatic N) is 14. The van der Waals surface area contributed by atoms with Gasteiger partial charge in [-0.2, -0.15) is 26.3 Å². The van der Waals surface area contributed by atoms with Crippen molar-refractivity contribution in [3.05, 3.63) is 320 Å². The number of nitrogen functional groups attached to an aromatic ring is 7. The molecule has 0 fully saturated rings. The van der Waals surface area contributed by atoms with E-state index in [2.05, 4.69) is 71.1 Å². The monoisotopic (exact) mass is 1820 g/mol. The minimum Gasteiger partial charge on any atom is -0.478 e. The van der Waals surface area contributed by atoms with Gasteiger partial charge in [-0.05, 0) is 147 Å². The minimum atomic E-state index is -4.56. The third-order valence-corrected chi connectivity index (χ3v) is 15.9. The van der Waals surface area contributed by atoms with Crippen LogP contribution < -0.4 is 61.4 Å². The molecule has 668 valence electrons. The van der Waals surface area contributed by atoms with Crippen molar-refractivity contribution in [3.8, 4) is 0 Å². The summed E-state index contributed by atoms with van der Waals surface area (Å²) in [6.45, 7) is 10.4. The van der Waals surface area contributed by atoms with Crippen molar-refractivity contribution in [1.82, 2.24) is 49.8 Å². The molecule has 5 heterocycles. The zero-order valence-electron chi connectivity index (χ0n) is 67.1. The fourth-order valence-corrected chi connectivity index (χ4v) is 9.44. The molecule has 12 rings (SSSR count). The number of nitro groups is 4. The molecule has 0 saturated heterocycles. The smallest absolute Gasteiger partial charge is 0.416 e. The number of nitro benzene ring substituents is 3. The molecule has 0 aliphatic carbocycles. The molecule has 0 aliphatic rings. The number of anilines is 11. The van der Waals surface area contributed by atoms with Gasteiger partial charge in [-0.15, -0.1) is 0 Å². The van der Waals surface area contributed by atoms with E-state index in [-0.39, 0.29) is 104 Å². The predicted molar refractivity (Wildman–Crippen MR) is 458 cm³/mol. The Morgan fingerprint density at radius 3 is 0.984 bits per heavy atom. The standard InChI is InChI=1S/C20H16F3N5O2.C12H11N5O3.C12H13N5O.C8H4ClF3O.C8H6ClNO3.C8H7NO4.C4H4N4O2.C4H6N4.C2H6O/c1-11-5-6-14(8-16(11)18(30)28-15-9-25-19(24)26-10-15)27-17(29)12-3-2-4-13(7-12)20(21,22)23;1-7-2-3-9(17(19)20)4-10(7)11(18)16-8-5-14-12(13)15-6-8;1-7-2-3-8(13)4-10(7)11(18)17-9-5-15-12(14)16-6-9;9-7(13)5-2-1-3-6(4-5)8(10,11)12;1-5-2-3-6(10(12)13)4-7(5)8(9)11;1-5-2-3-6(9(12)13)4-7(5)8(10)11;5-4-6-1-3(2-7-4)8(9)10;5-3-1-7-4(6)8-2-3;1-2-3/h2-10H,1H3,(H,27,29)(H,28,30)(H2,24,25,26);2-6H,1H3,(H,16,18)(H2,13,14,15);2-6H,13H2,1H3,(H,17,18)(H2,14,15,16);1-4H;2-4H,1H3;2-4H,1H3,(H,10,11);1-2H,(H2,5,6,7);1-2H,5H2,(H2,6,7,8);3H,2H2,1H3.